The van der Waals surface area contributed by atoms with Gasteiger partial charge < -0.3 is 10.1 Å². The summed E-state index contributed by atoms with van der Waals surface area (Å²) in [7, 11) is -5.02. The Hall–Kier alpha value is -2.97. The lowest BCUT2D eigenvalue weighted by Crippen LogP contribution is -2.41. The van der Waals surface area contributed by atoms with Gasteiger partial charge in [0.1, 0.15) is 34.0 Å². The zero-order valence-corrected chi connectivity index (χ0v) is 21.7. The highest BCUT2D eigenvalue weighted by Crippen LogP contribution is 2.36. The number of ether oxygens (including phenoxy) is 1. The third kappa shape index (κ3) is 6.48. The summed E-state index contributed by atoms with van der Waals surface area (Å²) in [6.07, 6.45) is -4.68. The summed E-state index contributed by atoms with van der Waals surface area (Å²) in [6.45, 7) is 4.45. The number of nitrogens with one attached hydrogen (secondary N) is 1. The molecule has 1 N–H and O–H groups in total. The van der Waals surface area contributed by atoms with Gasteiger partial charge in [0.25, 0.3) is 16.4 Å². The number of halogens is 6. The van der Waals surface area contributed by atoms with Gasteiger partial charge in [-0.1, -0.05) is 11.6 Å². The van der Waals surface area contributed by atoms with E-state index in [1.807, 2.05) is 0 Å². The second-order valence-electron chi connectivity index (χ2n) is 8.48. The Morgan fingerprint density at radius 3 is 2.38 bits per heavy atom. The summed E-state index contributed by atoms with van der Waals surface area (Å²) in [6, 6.07) is 0.812. The number of carbonyl (C=O) groups excluding carboxylic acids is 1. The molecule has 1 heterocycles. The standard InChI is InChI=1S/C22H19ClF5N3O4S2/c1-22(2,3)35-21(32)31(18-9-36-10-29-18)37(33,34)17-7-13(23)16(8-15(17)26)30-19(20(27)28)12-6-11(24)4-5-14(12)25/h4-10,19-20,30H,1-3H3. The lowest BCUT2D eigenvalue weighted by Gasteiger charge is -2.26. The summed E-state index contributed by atoms with van der Waals surface area (Å²) in [5.74, 6) is -4.02. The molecule has 1 aromatic heterocycles. The molecule has 15 heteroatoms. The van der Waals surface area contributed by atoms with Crippen LogP contribution in [0.15, 0.2) is 46.1 Å². The van der Waals surface area contributed by atoms with Crippen molar-refractivity contribution in [3.05, 3.63) is 69.3 Å². The van der Waals surface area contributed by atoms with Crippen molar-refractivity contribution in [1.82, 2.24) is 4.98 Å². The van der Waals surface area contributed by atoms with Gasteiger partial charge in [0.05, 0.1) is 16.2 Å². The fourth-order valence-corrected chi connectivity index (χ4v) is 5.27. The molecule has 0 saturated heterocycles. The SMILES string of the molecule is CC(C)(C)OC(=O)N(c1cscn1)S(=O)(=O)c1cc(Cl)c(NC(c2cc(F)ccc2F)C(F)F)cc1F. The fourth-order valence-electron chi connectivity index (χ4n) is 3.06. The first-order valence-corrected chi connectivity index (χ1v) is 13.0. The minimum absolute atomic E-state index is 0.140. The number of hydrogen-bond acceptors (Lipinski definition) is 7. The van der Waals surface area contributed by atoms with Gasteiger partial charge in [-0.15, -0.1) is 15.6 Å². The van der Waals surface area contributed by atoms with Gasteiger partial charge in [-0.2, -0.15) is 0 Å². The number of nitrogens with zero attached hydrogens (tertiary/aromatic N) is 2. The lowest BCUT2D eigenvalue weighted by molar-refractivity contribution is 0.0608. The van der Waals surface area contributed by atoms with Crippen molar-refractivity contribution in [2.24, 2.45) is 0 Å². The van der Waals surface area contributed by atoms with Crippen molar-refractivity contribution < 1.29 is 39.9 Å². The predicted molar refractivity (Wildman–Crippen MR) is 128 cm³/mol. The lowest BCUT2D eigenvalue weighted by atomic mass is 10.1. The molecule has 7 nitrogen and oxygen atoms in total. The molecular formula is C22H19ClF5N3O4S2. The maximum Gasteiger partial charge on any atom is 0.430 e. The number of anilines is 2. The van der Waals surface area contributed by atoms with Crippen LogP contribution >= 0.6 is 22.9 Å². The van der Waals surface area contributed by atoms with E-state index >= 15 is 4.39 Å². The monoisotopic (exact) mass is 583 g/mol. The Labute approximate surface area is 217 Å². The average molecular weight is 584 g/mol. The normalized spacial score (nSPS) is 12.9. The van der Waals surface area contributed by atoms with E-state index in [0.29, 0.717) is 24.3 Å². The van der Waals surface area contributed by atoms with Crippen molar-refractivity contribution in [3.8, 4) is 0 Å². The van der Waals surface area contributed by atoms with Crippen LogP contribution in [0.25, 0.3) is 0 Å². The summed E-state index contributed by atoms with van der Waals surface area (Å²) in [4.78, 5) is 15.4. The molecule has 0 aliphatic heterocycles. The molecule has 3 rings (SSSR count). The molecule has 1 amide bonds. The van der Waals surface area contributed by atoms with Gasteiger partial charge in [-0.3, -0.25) is 0 Å². The van der Waals surface area contributed by atoms with Crippen molar-refractivity contribution in [1.29, 1.82) is 0 Å². The molecule has 2 aromatic carbocycles. The Morgan fingerprint density at radius 2 is 1.81 bits per heavy atom. The molecule has 0 spiro atoms. The average Bonchev–Trinajstić information content (AvgIpc) is 3.28. The van der Waals surface area contributed by atoms with Crippen LogP contribution in [0.2, 0.25) is 5.02 Å². The maximum atomic E-state index is 15.1. The number of thiazole rings is 1. The molecule has 3 aromatic rings. The highest BCUT2D eigenvalue weighted by atomic mass is 35.5. The molecule has 200 valence electrons. The van der Waals surface area contributed by atoms with Crippen molar-refractivity contribution in [2.45, 2.75) is 43.7 Å². The summed E-state index contributed by atoms with van der Waals surface area (Å²) >= 11 is 7.03. The molecule has 0 aliphatic rings. The van der Waals surface area contributed by atoms with Crippen LogP contribution in [-0.4, -0.2) is 31.5 Å². The van der Waals surface area contributed by atoms with Crippen LogP contribution in [0, 0.1) is 17.5 Å². The maximum absolute atomic E-state index is 15.1. The van der Waals surface area contributed by atoms with E-state index in [2.05, 4.69) is 10.3 Å². The van der Waals surface area contributed by atoms with Crippen molar-refractivity contribution in [2.75, 3.05) is 9.62 Å². The van der Waals surface area contributed by atoms with Gasteiger partial charge >= 0.3 is 6.09 Å². The number of hydrogen-bond donors (Lipinski definition) is 1. The molecule has 1 atom stereocenters. The number of rotatable bonds is 7. The van der Waals surface area contributed by atoms with E-state index in [-0.39, 0.29) is 10.1 Å². The number of alkyl halides is 2. The zero-order valence-electron chi connectivity index (χ0n) is 19.3. The number of sulfonamides is 1. The third-order valence-electron chi connectivity index (χ3n) is 4.58. The molecular weight excluding hydrogens is 565 g/mol. The minimum Gasteiger partial charge on any atom is -0.443 e. The molecule has 1 unspecified atom stereocenters. The Bertz CT molecular complexity index is 1400. The molecule has 0 aliphatic carbocycles. The highest BCUT2D eigenvalue weighted by Gasteiger charge is 2.38. The largest absolute Gasteiger partial charge is 0.443 e. The number of aromatic nitrogens is 1. The number of carbonyl (C=O) groups is 1. The minimum atomic E-state index is -5.02. The topological polar surface area (TPSA) is 88.6 Å². The fraction of sp³-hybridized carbons (Fsp3) is 0.273. The van der Waals surface area contributed by atoms with E-state index in [9.17, 15) is 30.8 Å². The van der Waals surface area contributed by atoms with Crippen LogP contribution in [-0.2, 0) is 14.8 Å². The predicted octanol–water partition coefficient (Wildman–Crippen LogP) is 6.76. The molecule has 0 radical (unpaired) electrons. The Kier molecular flexibility index (Phi) is 8.34. The molecule has 0 saturated carbocycles. The first-order chi connectivity index (χ1) is 17.1. The first kappa shape index (κ1) is 28.6. The van der Waals surface area contributed by atoms with Gasteiger partial charge in [0, 0.05) is 10.9 Å². The second-order valence-corrected chi connectivity index (χ2v) is 11.4. The Morgan fingerprint density at radius 1 is 1.14 bits per heavy atom. The summed E-state index contributed by atoms with van der Waals surface area (Å²) < 4.78 is 102. The third-order valence-corrected chi connectivity index (χ3v) is 7.15. The van der Waals surface area contributed by atoms with E-state index in [1.165, 1.54) is 31.7 Å². The smallest absolute Gasteiger partial charge is 0.430 e. The molecule has 0 fully saturated rings. The van der Waals surface area contributed by atoms with Crippen LogP contribution in [0.5, 0.6) is 0 Å². The summed E-state index contributed by atoms with van der Waals surface area (Å²) in [5.41, 5.74) is -1.19. The number of benzene rings is 2. The molecule has 0 bridgehead atoms. The van der Waals surface area contributed by atoms with Crippen LogP contribution in [0.4, 0.5) is 38.3 Å². The van der Waals surface area contributed by atoms with E-state index in [0.717, 1.165) is 17.4 Å². The molecule has 37 heavy (non-hydrogen) atoms. The van der Waals surface area contributed by atoms with Crippen molar-refractivity contribution >= 4 is 50.6 Å². The number of amides is 1. The van der Waals surface area contributed by atoms with Crippen LogP contribution in [0.3, 0.4) is 0 Å². The van der Waals surface area contributed by atoms with E-state index < -0.39 is 72.8 Å². The summed E-state index contributed by atoms with van der Waals surface area (Å²) in [5, 5.41) is 2.76. The second kappa shape index (κ2) is 10.8. The Balaban J connectivity index is 2.05. The van der Waals surface area contributed by atoms with Crippen LogP contribution in [0.1, 0.15) is 32.4 Å². The highest BCUT2D eigenvalue weighted by molar-refractivity contribution is 7.93. The van der Waals surface area contributed by atoms with Crippen molar-refractivity contribution in [3.63, 3.8) is 0 Å². The van der Waals surface area contributed by atoms with Gasteiger partial charge in [0.2, 0.25) is 0 Å². The first-order valence-electron chi connectivity index (χ1n) is 10.3. The quantitative estimate of drug-likeness (QED) is 0.309. The van der Waals surface area contributed by atoms with Crippen LogP contribution < -0.4 is 9.62 Å². The van der Waals surface area contributed by atoms with Gasteiger partial charge in [-0.25, -0.2) is 40.1 Å². The van der Waals surface area contributed by atoms with Gasteiger partial charge in [-0.05, 0) is 51.1 Å². The van der Waals surface area contributed by atoms with E-state index in [4.69, 9.17) is 16.3 Å². The van der Waals surface area contributed by atoms with Gasteiger partial charge in [0.15, 0.2) is 5.82 Å². The zero-order chi connectivity index (χ0) is 27.7. The van der Waals surface area contributed by atoms with E-state index in [1.54, 1.807) is 0 Å².